The van der Waals surface area contributed by atoms with Crippen molar-refractivity contribution >= 4 is 23.5 Å². The molecule has 140 valence electrons. The number of hydrogen-bond donors (Lipinski definition) is 0. The molecule has 27 heavy (non-hydrogen) atoms. The lowest BCUT2D eigenvalue weighted by Crippen LogP contribution is -2.38. The molecular formula is C22H22ClNO3. The highest BCUT2D eigenvalue weighted by Crippen LogP contribution is 2.40. The number of benzene rings is 2. The summed E-state index contributed by atoms with van der Waals surface area (Å²) in [5.41, 5.74) is 4.02. The molecule has 0 bridgehead atoms. The molecule has 0 fully saturated rings. The first-order valence-electron chi connectivity index (χ1n) is 8.82. The SMILES string of the molecule is COC(=O)C1=C(C)N(Cc2ccccc2C)C(=O)C[C@H]1c1ccccc1Cl. The summed E-state index contributed by atoms with van der Waals surface area (Å²) in [5, 5.41) is 0.539. The van der Waals surface area contributed by atoms with E-state index in [1.165, 1.54) is 7.11 Å². The van der Waals surface area contributed by atoms with E-state index in [0.29, 0.717) is 22.8 Å². The van der Waals surface area contributed by atoms with Crippen LogP contribution < -0.4 is 0 Å². The van der Waals surface area contributed by atoms with Crippen LogP contribution in [0.1, 0.15) is 36.0 Å². The van der Waals surface area contributed by atoms with E-state index < -0.39 is 11.9 Å². The summed E-state index contributed by atoms with van der Waals surface area (Å²) < 4.78 is 5.03. The maximum Gasteiger partial charge on any atom is 0.336 e. The van der Waals surface area contributed by atoms with Gasteiger partial charge in [0.05, 0.1) is 19.2 Å². The summed E-state index contributed by atoms with van der Waals surface area (Å²) >= 11 is 6.35. The minimum atomic E-state index is -0.431. The zero-order valence-electron chi connectivity index (χ0n) is 15.7. The second kappa shape index (κ2) is 7.97. The normalized spacial score (nSPS) is 17.3. The number of halogens is 1. The summed E-state index contributed by atoms with van der Waals surface area (Å²) in [7, 11) is 1.36. The molecule has 2 aromatic rings. The molecule has 1 atom stereocenters. The lowest BCUT2D eigenvalue weighted by Gasteiger charge is -2.35. The predicted octanol–water partition coefficient (Wildman–Crippen LogP) is 4.61. The van der Waals surface area contributed by atoms with Crippen molar-refractivity contribution in [2.45, 2.75) is 32.7 Å². The maximum atomic E-state index is 13.0. The first-order valence-corrected chi connectivity index (χ1v) is 9.20. The fourth-order valence-electron chi connectivity index (χ4n) is 3.56. The van der Waals surface area contributed by atoms with Gasteiger partial charge in [-0.15, -0.1) is 0 Å². The van der Waals surface area contributed by atoms with E-state index in [0.717, 1.165) is 16.7 Å². The summed E-state index contributed by atoms with van der Waals surface area (Å²) in [6.07, 6.45) is 0.178. The van der Waals surface area contributed by atoms with Gasteiger partial charge in [-0.25, -0.2) is 4.79 Å². The number of amides is 1. The van der Waals surface area contributed by atoms with E-state index in [1.54, 1.807) is 17.9 Å². The number of esters is 1. The number of carbonyl (C=O) groups excluding carboxylic acids is 2. The molecule has 1 heterocycles. The molecule has 1 aliphatic rings. The van der Waals surface area contributed by atoms with Gasteiger partial charge in [0.1, 0.15) is 0 Å². The number of aryl methyl sites for hydroxylation is 1. The number of allylic oxidation sites excluding steroid dienone is 1. The third-order valence-corrected chi connectivity index (χ3v) is 5.44. The van der Waals surface area contributed by atoms with Crippen LogP contribution in [-0.4, -0.2) is 23.9 Å². The molecule has 0 radical (unpaired) electrons. The van der Waals surface area contributed by atoms with Crippen LogP contribution in [0.3, 0.4) is 0 Å². The smallest absolute Gasteiger partial charge is 0.336 e. The zero-order chi connectivity index (χ0) is 19.6. The topological polar surface area (TPSA) is 46.6 Å². The highest BCUT2D eigenvalue weighted by atomic mass is 35.5. The molecule has 4 nitrogen and oxygen atoms in total. The quantitative estimate of drug-likeness (QED) is 0.724. The van der Waals surface area contributed by atoms with Gasteiger partial charge in [0.15, 0.2) is 0 Å². The third-order valence-electron chi connectivity index (χ3n) is 5.10. The second-order valence-electron chi connectivity index (χ2n) is 6.68. The Labute approximate surface area is 164 Å². The Balaban J connectivity index is 2.07. The first kappa shape index (κ1) is 19.2. The molecule has 0 unspecified atom stereocenters. The molecule has 2 aromatic carbocycles. The Kier molecular flexibility index (Phi) is 5.66. The maximum absolute atomic E-state index is 13.0. The summed E-state index contributed by atoms with van der Waals surface area (Å²) in [5.74, 6) is -0.875. The van der Waals surface area contributed by atoms with E-state index in [-0.39, 0.29) is 12.3 Å². The van der Waals surface area contributed by atoms with Crippen LogP contribution >= 0.6 is 11.6 Å². The molecule has 0 saturated heterocycles. The van der Waals surface area contributed by atoms with Crippen LogP contribution in [0.2, 0.25) is 5.02 Å². The van der Waals surface area contributed by atoms with Gasteiger partial charge in [-0.05, 0) is 36.6 Å². The van der Waals surface area contributed by atoms with Crippen molar-refractivity contribution in [1.82, 2.24) is 4.90 Å². The van der Waals surface area contributed by atoms with E-state index in [9.17, 15) is 9.59 Å². The van der Waals surface area contributed by atoms with Crippen molar-refractivity contribution in [2.75, 3.05) is 7.11 Å². The number of nitrogens with zero attached hydrogens (tertiary/aromatic N) is 1. The van der Waals surface area contributed by atoms with Gasteiger partial charge in [-0.3, -0.25) is 4.79 Å². The van der Waals surface area contributed by atoms with Crippen LogP contribution in [0.25, 0.3) is 0 Å². The van der Waals surface area contributed by atoms with Crippen LogP contribution in [0.15, 0.2) is 59.8 Å². The van der Waals surface area contributed by atoms with Gasteiger partial charge >= 0.3 is 5.97 Å². The first-order chi connectivity index (χ1) is 12.9. The van der Waals surface area contributed by atoms with Gasteiger partial charge in [-0.1, -0.05) is 54.1 Å². The van der Waals surface area contributed by atoms with Gasteiger partial charge in [0.25, 0.3) is 0 Å². The lowest BCUT2D eigenvalue weighted by atomic mass is 9.83. The molecule has 0 saturated carbocycles. The Morgan fingerprint density at radius 2 is 1.81 bits per heavy atom. The molecular weight excluding hydrogens is 362 g/mol. The van der Waals surface area contributed by atoms with E-state index >= 15 is 0 Å². The second-order valence-corrected chi connectivity index (χ2v) is 7.08. The molecule has 5 heteroatoms. The molecule has 0 spiro atoms. The number of ether oxygens (including phenoxy) is 1. The minimum Gasteiger partial charge on any atom is -0.466 e. The Hall–Kier alpha value is -2.59. The van der Waals surface area contributed by atoms with Gasteiger partial charge < -0.3 is 9.64 Å². The highest BCUT2D eigenvalue weighted by molar-refractivity contribution is 6.31. The number of carbonyl (C=O) groups is 2. The average Bonchev–Trinajstić information content (AvgIpc) is 2.66. The Morgan fingerprint density at radius 1 is 1.15 bits per heavy atom. The van der Waals surface area contributed by atoms with Crippen molar-refractivity contribution in [1.29, 1.82) is 0 Å². The van der Waals surface area contributed by atoms with Crippen molar-refractivity contribution in [2.24, 2.45) is 0 Å². The minimum absolute atomic E-state index is 0.0340. The largest absolute Gasteiger partial charge is 0.466 e. The summed E-state index contributed by atoms with van der Waals surface area (Å²) in [6.45, 7) is 4.23. The molecule has 1 aliphatic heterocycles. The predicted molar refractivity (Wildman–Crippen MR) is 105 cm³/mol. The summed E-state index contributed by atoms with van der Waals surface area (Å²) in [4.78, 5) is 27.2. The van der Waals surface area contributed by atoms with Crippen molar-refractivity contribution in [3.8, 4) is 0 Å². The van der Waals surface area contributed by atoms with Gasteiger partial charge in [0, 0.05) is 23.1 Å². The lowest BCUT2D eigenvalue weighted by molar-refractivity contribution is -0.138. The van der Waals surface area contributed by atoms with Crippen LogP contribution in [0.4, 0.5) is 0 Å². The van der Waals surface area contributed by atoms with Crippen molar-refractivity contribution in [3.05, 3.63) is 81.5 Å². The molecule has 3 rings (SSSR count). The highest BCUT2D eigenvalue weighted by Gasteiger charge is 2.37. The van der Waals surface area contributed by atoms with Crippen LogP contribution in [0.5, 0.6) is 0 Å². The van der Waals surface area contributed by atoms with Gasteiger partial charge in [0.2, 0.25) is 5.91 Å². The Bertz CT molecular complexity index is 919. The van der Waals surface area contributed by atoms with Gasteiger partial charge in [-0.2, -0.15) is 0 Å². The molecule has 1 amide bonds. The number of methoxy groups -OCH3 is 1. The molecule has 0 aliphatic carbocycles. The fraction of sp³-hybridized carbons (Fsp3) is 0.273. The summed E-state index contributed by atoms with van der Waals surface area (Å²) in [6, 6.07) is 15.2. The van der Waals surface area contributed by atoms with E-state index in [1.807, 2.05) is 49.4 Å². The van der Waals surface area contributed by atoms with Crippen LogP contribution in [0, 0.1) is 6.92 Å². The van der Waals surface area contributed by atoms with Crippen molar-refractivity contribution < 1.29 is 14.3 Å². The third kappa shape index (κ3) is 3.76. The monoisotopic (exact) mass is 383 g/mol. The van der Waals surface area contributed by atoms with E-state index in [4.69, 9.17) is 16.3 Å². The Morgan fingerprint density at radius 3 is 2.48 bits per heavy atom. The van der Waals surface area contributed by atoms with Crippen molar-refractivity contribution in [3.63, 3.8) is 0 Å². The number of hydrogen-bond acceptors (Lipinski definition) is 3. The van der Waals surface area contributed by atoms with Crippen LogP contribution in [-0.2, 0) is 20.9 Å². The molecule has 0 N–H and O–H groups in total. The molecule has 0 aromatic heterocycles. The van der Waals surface area contributed by atoms with E-state index in [2.05, 4.69) is 0 Å². The average molecular weight is 384 g/mol. The zero-order valence-corrected chi connectivity index (χ0v) is 16.4. The fourth-order valence-corrected chi connectivity index (χ4v) is 3.83. The number of rotatable bonds is 4. The standard InChI is InChI=1S/C22H22ClNO3/c1-14-8-4-5-9-16(14)13-24-15(2)21(22(26)27-3)18(12-20(24)25)17-10-6-7-11-19(17)23/h4-11,18H,12-13H2,1-3H3/t18-/m0/s1.